The van der Waals surface area contributed by atoms with E-state index in [0.29, 0.717) is 11.1 Å². The molecular weight excluding hydrogens is 253 g/mol. The average Bonchev–Trinajstić information content (AvgIpc) is 2.85. The maximum absolute atomic E-state index is 13.8. The number of hydrogen-bond donors (Lipinski definition) is 1. The highest BCUT2D eigenvalue weighted by Gasteiger charge is 2.24. The zero-order chi connectivity index (χ0) is 14.3. The smallest absolute Gasteiger partial charge is 0.126 e. The molecule has 1 aliphatic heterocycles. The lowest BCUT2D eigenvalue weighted by Gasteiger charge is -2.25. The fraction of sp³-hybridized carbons (Fsp3) is 0.294. The van der Waals surface area contributed by atoms with Crippen LogP contribution in [0.2, 0.25) is 0 Å². The Balaban J connectivity index is 2.14. The van der Waals surface area contributed by atoms with E-state index in [0.717, 1.165) is 24.3 Å². The molecule has 0 radical (unpaired) electrons. The van der Waals surface area contributed by atoms with E-state index in [2.05, 4.69) is 17.0 Å². The Hall–Kier alpha value is -1.87. The molecule has 3 heteroatoms. The number of nitrogens with zero attached hydrogens (tertiary/aromatic N) is 1. The lowest BCUT2D eigenvalue weighted by molar-refractivity contribution is 0.199. The van der Waals surface area contributed by atoms with Crippen molar-refractivity contribution >= 4 is 11.4 Å². The maximum Gasteiger partial charge on any atom is 0.126 e. The molecule has 1 heterocycles. The highest BCUT2D eigenvalue weighted by molar-refractivity contribution is 5.72. The number of aliphatic hydroxyl groups is 1. The fourth-order valence-electron chi connectivity index (χ4n) is 2.84. The molecule has 2 aromatic carbocycles. The van der Waals surface area contributed by atoms with Crippen LogP contribution in [0.3, 0.4) is 0 Å². The normalized spacial score (nSPS) is 15.3. The third kappa shape index (κ3) is 2.08. The summed E-state index contributed by atoms with van der Waals surface area (Å²) < 4.78 is 13.8. The van der Waals surface area contributed by atoms with Crippen molar-refractivity contribution in [1.82, 2.24) is 0 Å². The number of anilines is 2. The van der Waals surface area contributed by atoms with Crippen molar-refractivity contribution in [2.75, 3.05) is 11.4 Å². The first-order valence-electron chi connectivity index (χ1n) is 6.91. The van der Waals surface area contributed by atoms with Crippen LogP contribution in [0.5, 0.6) is 0 Å². The minimum atomic E-state index is -0.687. The van der Waals surface area contributed by atoms with Gasteiger partial charge in [0.25, 0.3) is 0 Å². The van der Waals surface area contributed by atoms with Crippen molar-refractivity contribution in [2.24, 2.45) is 0 Å². The van der Waals surface area contributed by atoms with Gasteiger partial charge < -0.3 is 10.0 Å². The Labute approximate surface area is 118 Å². The van der Waals surface area contributed by atoms with E-state index >= 15 is 0 Å². The van der Waals surface area contributed by atoms with E-state index in [-0.39, 0.29) is 5.82 Å². The second kappa shape index (κ2) is 4.91. The van der Waals surface area contributed by atoms with Gasteiger partial charge in [-0.15, -0.1) is 0 Å². The van der Waals surface area contributed by atoms with Gasteiger partial charge >= 0.3 is 0 Å². The first kappa shape index (κ1) is 13.1. The molecule has 1 atom stereocenters. The molecule has 0 amide bonds. The zero-order valence-corrected chi connectivity index (χ0v) is 11.7. The Morgan fingerprint density at radius 2 is 1.95 bits per heavy atom. The molecule has 0 bridgehead atoms. The minimum Gasteiger partial charge on any atom is -0.389 e. The molecule has 0 fully saturated rings. The maximum atomic E-state index is 13.8. The van der Waals surface area contributed by atoms with Crippen LogP contribution in [0.25, 0.3) is 0 Å². The van der Waals surface area contributed by atoms with Crippen LogP contribution >= 0.6 is 0 Å². The summed E-state index contributed by atoms with van der Waals surface area (Å²) in [4.78, 5) is 2.17. The lowest BCUT2D eigenvalue weighted by atomic mass is 10.0. The van der Waals surface area contributed by atoms with Crippen molar-refractivity contribution < 1.29 is 9.50 Å². The van der Waals surface area contributed by atoms with Gasteiger partial charge in [0.1, 0.15) is 5.82 Å². The van der Waals surface area contributed by atoms with Gasteiger partial charge in [0.05, 0.1) is 6.10 Å². The standard InChI is InChI=1S/C17H18FNO/c1-11-9-17(14(12(2)20)10-15(11)18)19-8-7-13-5-3-4-6-16(13)19/h3-6,9-10,12,20H,7-8H2,1-2H3. The van der Waals surface area contributed by atoms with Crippen LogP contribution in [0.15, 0.2) is 36.4 Å². The molecule has 104 valence electrons. The monoisotopic (exact) mass is 271 g/mol. The third-order valence-corrected chi connectivity index (χ3v) is 3.94. The van der Waals surface area contributed by atoms with Crippen LogP contribution in [0.1, 0.15) is 29.7 Å². The second-order valence-electron chi connectivity index (χ2n) is 5.37. The average molecular weight is 271 g/mol. The Morgan fingerprint density at radius 3 is 2.70 bits per heavy atom. The number of aryl methyl sites for hydroxylation is 1. The predicted octanol–water partition coefficient (Wildman–Crippen LogP) is 3.88. The van der Waals surface area contributed by atoms with Crippen molar-refractivity contribution in [1.29, 1.82) is 0 Å². The predicted molar refractivity (Wildman–Crippen MR) is 78.9 cm³/mol. The van der Waals surface area contributed by atoms with E-state index in [1.807, 2.05) is 18.2 Å². The van der Waals surface area contributed by atoms with E-state index in [9.17, 15) is 9.50 Å². The van der Waals surface area contributed by atoms with E-state index in [1.54, 1.807) is 13.8 Å². The summed E-state index contributed by atoms with van der Waals surface area (Å²) in [6, 6.07) is 11.5. The number of benzene rings is 2. The van der Waals surface area contributed by atoms with Gasteiger partial charge in [0.15, 0.2) is 0 Å². The first-order valence-corrected chi connectivity index (χ1v) is 6.91. The van der Waals surface area contributed by atoms with E-state index in [4.69, 9.17) is 0 Å². The summed E-state index contributed by atoms with van der Waals surface area (Å²) in [6.45, 7) is 4.30. The van der Waals surface area contributed by atoms with Gasteiger partial charge in [-0.3, -0.25) is 0 Å². The van der Waals surface area contributed by atoms with Gasteiger partial charge in [0.2, 0.25) is 0 Å². The lowest BCUT2D eigenvalue weighted by Crippen LogP contribution is -2.16. The first-order chi connectivity index (χ1) is 9.58. The summed E-state index contributed by atoms with van der Waals surface area (Å²) >= 11 is 0. The van der Waals surface area contributed by atoms with Crippen LogP contribution in [0, 0.1) is 12.7 Å². The molecule has 20 heavy (non-hydrogen) atoms. The Morgan fingerprint density at radius 1 is 1.20 bits per heavy atom. The Kier molecular flexibility index (Phi) is 3.22. The largest absolute Gasteiger partial charge is 0.389 e. The molecule has 0 spiro atoms. The van der Waals surface area contributed by atoms with Gasteiger partial charge in [-0.25, -0.2) is 4.39 Å². The molecule has 1 unspecified atom stereocenters. The summed E-state index contributed by atoms with van der Waals surface area (Å²) in [5, 5.41) is 9.93. The molecule has 1 aliphatic rings. The van der Waals surface area contributed by atoms with Crippen LogP contribution in [-0.2, 0) is 6.42 Å². The van der Waals surface area contributed by atoms with Gasteiger partial charge in [-0.2, -0.15) is 0 Å². The summed E-state index contributed by atoms with van der Waals surface area (Å²) in [7, 11) is 0. The molecule has 0 aliphatic carbocycles. The van der Waals surface area contributed by atoms with Gasteiger partial charge in [-0.1, -0.05) is 18.2 Å². The molecule has 3 rings (SSSR count). The molecule has 2 aromatic rings. The molecule has 0 saturated carbocycles. The van der Waals surface area contributed by atoms with Crippen LogP contribution in [0.4, 0.5) is 15.8 Å². The minimum absolute atomic E-state index is 0.267. The van der Waals surface area contributed by atoms with Crippen molar-refractivity contribution in [3.05, 3.63) is 58.9 Å². The van der Waals surface area contributed by atoms with Crippen LogP contribution in [-0.4, -0.2) is 11.7 Å². The zero-order valence-electron chi connectivity index (χ0n) is 11.7. The van der Waals surface area contributed by atoms with Crippen molar-refractivity contribution in [3.63, 3.8) is 0 Å². The number of halogens is 1. The molecule has 0 saturated heterocycles. The van der Waals surface area contributed by atoms with Crippen molar-refractivity contribution in [2.45, 2.75) is 26.4 Å². The molecule has 2 nitrogen and oxygen atoms in total. The number of fused-ring (bicyclic) bond motifs is 1. The van der Waals surface area contributed by atoms with Crippen molar-refractivity contribution in [3.8, 4) is 0 Å². The topological polar surface area (TPSA) is 23.5 Å². The SMILES string of the molecule is Cc1cc(N2CCc3ccccc32)c(C(C)O)cc1F. The van der Waals surface area contributed by atoms with E-state index in [1.165, 1.54) is 11.6 Å². The fourth-order valence-corrected chi connectivity index (χ4v) is 2.84. The summed E-state index contributed by atoms with van der Waals surface area (Å²) in [5.74, 6) is -0.267. The number of para-hydroxylation sites is 1. The van der Waals surface area contributed by atoms with Crippen LogP contribution < -0.4 is 4.90 Å². The number of aliphatic hydroxyl groups excluding tert-OH is 1. The van der Waals surface area contributed by atoms with Gasteiger partial charge in [-0.05, 0) is 49.6 Å². The Bertz CT molecular complexity index is 651. The highest BCUT2D eigenvalue weighted by atomic mass is 19.1. The summed E-state index contributed by atoms with van der Waals surface area (Å²) in [5.41, 5.74) is 4.61. The molecule has 1 N–H and O–H groups in total. The quantitative estimate of drug-likeness (QED) is 0.896. The molecular formula is C17H18FNO. The third-order valence-electron chi connectivity index (χ3n) is 3.94. The van der Waals surface area contributed by atoms with E-state index < -0.39 is 6.10 Å². The highest BCUT2D eigenvalue weighted by Crippen LogP contribution is 2.38. The second-order valence-corrected chi connectivity index (χ2v) is 5.37. The summed E-state index contributed by atoms with van der Waals surface area (Å²) in [6.07, 6.45) is 0.291. The number of rotatable bonds is 2. The molecule has 0 aromatic heterocycles. The van der Waals surface area contributed by atoms with Gasteiger partial charge in [0, 0.05) is 23.5 Å². The number of hydrogen-bond acceptors (Lipinski definition) is 2.